The number of hydrogen-bond acceptors (Lipinski definition) is 3. The second-order valence-corrected chi connectivity index (χ2v) is 10.0. The lowest BCUT2D eigenvalue weighted by Gasteiger charge is -2.59. The summed E-state index contributed by atoms with van der Waals surface area (Å²) in [6.45, 7) is 7.52. The molecule has 2 fully saturated rings. The van der Waals surface area contributed by atoms with Gasteiger partial charge in [0, 0.05) is 15.7 Å². The molecule has 0 aromatic heterocycles. The fraction of sp³-hybridized carbons (Fsp3) is 0.867. The Hall–Kier alpha value is 0.680. The molecule has 1 saturated carbocycles. The molecule has 0 amide bonds. The fourth-order valence-electron chi connectivity index (χ4n) is 4.74. The molecule has 21 heavy (non-hydrogen) atoms. The lowest BCUT2D eigenvalue weighted by atomic mass is 9.47. The Kier molecular flexibility index (Phi) is 3.31. The van der Waals surface area contributed by atoms with Gasteiger partial charge in [-0.05, 0) is 32.8 Å². The molecule has 1 heterocycles. The second-order valence-electron chi connectivity index (χ2n) is 7.64. The molecule has 2 N–H and O–H groups in total. The zero-order chi connectivity index (χ0) is 16.1. The predicted molar refractivity (Wildman–Crippen MR) is 86.8 cm³/mol. The third-order valence-electron chi connectivity index (χ3n) is 6.20. The van der Waals surface area contributed by atoms with E-state index in [9.17, 15) is 10.2 Å². The Morgan fingerprint density at radius 3 is 2.38 bits per heavy atom. The molecule has 120 valence electrons. The SMILES string of the molecule is CC1(C)[C@@]2(O)O[C@H]3C[C@](C)(Cl)[C@@H](Br)C[C@]31[C@](C)(O)C=C2Cl. The number of alkyl halides is 2. The van der Waals surface area contributed by atoms with Crippen LogP contribution in [0.25, 0.3) is 0 Å². The smallest absolute Gasteiger partial charge is 0.209 e. The van der Waals surface area contributed by atoms with Crippen LogP contribution in [-0.4, -0.2) is 37.4 Å². The van der Waals surface area contributed by atoms with E-state index in [1.165, 1.54) is 6.08 Å². The molecule has 0 aromatic carbocycles. The number of halogens is 3. The van der Waals surface area contributed by atoms with Crippen molar-refractivity contribution in [2.45, 2.75) is 67.7 Å². The van der Waals surface area contributed by atoms with E-state index in [0.717, 1.165) is 0 Å². The summed E-state index contributed by atoms with van der Waals surface area (Å²) in [5, 5.41) is 22.3. The van der Waals surface area contributed by atoms with Crippen molar-refractivity contribution in [2.75, 3.05) is 0 Å². The van der Waals surface area contributed by atoms with E-state index in [4.69, 9.17) is 27.9 Å². The van der Waals surface area contributed by atoms with Crippen LogP contribution in [-0.2, 0) is 4.74 Å². The van der Waals surface area contributed by atoms with Gasteiger partial charge >= 0.3 is 0 Å². The molecule has 1 spiro atoms. The lowest BCUT2D eigenvalue weighted by molar-refractivity contribution is -0.209. The standard InChI is InChI=1S/C15H21BrCl2O3/c1-11(2)14-5-8(16)12(3,18)7-10(14)21-15(11,20)9(17)6-13(14,4)19/h6,8,10,19-20H,5,7H2,1-4H3/t8-,10-,12-,13+,14-,15-/m0/s1. The Balaban J connectivity index is 2.25. The Labute approximate surface area is 143 Å². The summed E-state index contributed by atoms with van der Waals surface area (Å²) in [4.78, 5) is -0.493. The molecule has 6 atom stereocenters. The second kappa shape index (κ2) is 4.20. The maximum absolute atomic E-state index is 11.1. The first-order valence-corrected chi connectivity index (χ1v) is 8.83. The van der Waals surface area contributed by atoms with Crippen LogP contribution in [0.2, 0.25) is 0 Å². The number of ether oxygens (including phenoxy) is 1. The first-order chi connectivity index (χ1) is 9.32. The quantitative estimate of drug-likeness (QED) is 0.612. The maximum atomic E-state index is 11.1. The van der Waals surface area contributed by atoms with Crippen molar-refractivity contribution in [1.82, 2.24) is 0 Å². The van der Waals surface area contributed by atoms with Gasteiger partial charge in [-0.3, -0.25) is 0 Å². The average Bonchev–Trinajstić information content (AvgIpc) is 2.42. The van der Waals surface area contributed by atoms with Crippen LogP contribution < -0.4 is 0 Å². The van der Waals surface area contributed by atoms with Gasteiger partial charge in [-0.25, -0.2) is 0 Å². The number of rotatable bonds is 0. The molecule has 3 aliphatic rings. The van der Waals surface area contributed by atoms with Crippen LogP contribution in [0.3, 0.4) is 0 Å². The van der Waals surface area contributed by atoms with Gasteiger partial charge in [0.15, 0.2) is 0 Å². The van der Waals surface area contributed by atoms with E-state index < -0.39 is 27.1 Å². The van der Waals surface area contributed by atoms with E-state index in [1.807, 2.05) is 20.8 Å². The first kappa shape index (κ1) is 16.5. The van der Waals surface area contributed by atoms with Crippen molar-refractivity contribution in [2.24, 2.45) is 10.8 Å². The molecule has 0 radical (unpaired) electrons. The van der Waals surface area contributed by atoms with Gasteiger partial charge < -0.3 is 14.9 Å². The minimum atomic E-state index is -1.58. The van der Waals surface area contributed by atoms with E-state index in [1.54, 1.807) is 6.92 Å². The molecule has 0 unspecified atom stereocenters. The summed E-state index contributed by atoms with van der Waals surface area (Å²) >= 11 is 16.5. The topological polar surface area (TPSA) is 49.7 Å². The molecular weight excluding hydrogens is 379 g/mol. The summed E-state index contributed by atoms with van der Waals surface area (Å²) in [6, 6.07) is 0. The van der Waals surface area contributed by atoms with E-state index >= 15 is 0 Å². The molecule has 1 aliphatic heterocycles. The Bertz CT molecular complexity index is 531. The third-order valence-corrected chi connectivity index (χ3v) is 8.58. The third kappa shape index (κ3) is 1.67. The molecule has 3 rings (SSSR count). The molecule has 0 aromatic rings. The predicted octanol–water partition coefficient (Wildman–Crippen LogP) is 3.53. The summed E-state index contributed by atoms with van der Waals surface area (Å²) in [5.41, 5.74) is -2.57. The van der Waals surface area contributed by atoms with Crippen molar-refractivity contribution < 1.29 is 14.9 Å². The van der Waals surface area contributed by atoms with Gasteiger partial charge in [0.25, 0.3) is 0 Å². The monoisotopic (exact) mass is 398 g/mol. The minimum absolute atomic E-state index is 0.00453. The highest BCUT2D eigenvalue weighted by atomic mass is 79.9. The number of hydrogen-bond donors (Lipinski definition) is 2. The maximum Gasteiger partial charge on any atom is 0.209 e. The number of aliphatic hydroxyl groups is 2. The van der Waals surface area contributed by atoms with Gasteiger partial charge in [0.1, 0.15) is 0 Å². The molecule has 2 aliphatic carbocycles. The Morgan fingerprint density at radius 1 is 1.24 bits per heavy atom. The van der Waals surface area contributed by atoms with Crippen molar-refractivity contribution in [3.63, 3.8) is 0 Å². The molecule has 6 heteroatoms. The summed E-state index contributed by atoms with van der Waals surface area (Å²) < 4.78 is 6.00. The van der Waals surface area contributed by atoms with Crippen molar-refractivity contribution in [3.05, 3.63) is 11.1 Å². The largest absolute Gasteiger partial charge is 0.385 e. The first-order valence-electron chi connectivity index (χ1n) is 7.16. The van der Waals surface area contributed by atoms with Crippen molar-refractivity contribution in [1.29, 1.82) is 0 Å². The van der Waals surface area contributed by atoms with E-state index in [0.29, 0.717) is 12.8 Å². The Morgan fingerprint density at radius 2 is 1.81 bits per heavy atom. The minimum Gasteiger partial charge on any atom is -0.385 e. The average molecular weight is 400 g/mol. The normalized spacial score (nSPS) is 58.6. The van der Waals surface area contributed by atoms with Crippen LogP contribution in [0.1, 0.15) is 40.5 Å². The molecular formula is C15H21BrCl2O3. The summed E-state index contributed by atoms with van der Waals surface area (Å²) in [6.07, 6.45) is 2.30. The fourth-order valence-corrected chi connectivity index (χ4v) is 6.15. The molecule has 2 bridgehead atoms. The summed E-state index contributed by atoms with van der Waals surface area (Å²) in [7, 11) is 0. The van der Waals surface area contributed by atoms with E-state index in [2.05, 4.69) is 15.9 Å². The van der Waals surface area contributed by atoms with Gasteiger partial charge in [-0.15, -0.1) is 11.6 Å². The number of fused-ring (bicyclic) bond motifs is 1. The van der Waals surface area contributed by atoms with Gasteiger partial charge in [0.2, 0.25) is 5.79 Å². The molecule has 3 nitrogen and oxygen atoms in total. The zero-order valence-electron chi connectivity index (χ0n) is 12.6. The lowest BCUT2D eigenvalue weighted by Crippen LogP contribution is -2.66. The van der Waals surface area contributed by atoms with Gasteiger partial charge in [-0.2, -0.15) is 0 Å². The highest BCUT2D eigenvalue weighted by Crippen LogP contribution is 2.72. The van der Waals surface area contributed by atoms with Gasteiger partial charge in [0.05, 0.1) is 21.6 Å². The van der Waals surface area contributed by atoms with Crippen LogP contribution in [0.5, 0.6) is 0 Å². The van der Waals surface area contributed by atoms with Crippen LogP contribution in [0.4, 0.5) is 0 Å². The van der Waals surface area contributed by atoms with Crippen molar-refractivity contribution >= 4 is 39.1 Å². The van der Waals surface area contributed by atoms with Crippen LogP contribution in [0.15, 0.2) is 11.1 Å². The van der Waals surface area contributed by atoms with Crippen LogP contribution >= 0.6 is 39.1 Å². The van der Waals surface area contributed by atoms with E-state index in [-0.39, 0.29) is 16.0 Å². The van der Waals surface area contributed by atoms with Crippen molar-refractivity contribution in [3.8, 4) is 0 Å². The van der Waals surface area contributed by atoms with Crippen LogP contribution in [0, 0.1) is 10.8 Å². The summed E-state index contributed by atoms with van der Waals surface area (Å²) in [5.74, 6) is -1.58. The molecule has 1 saturated heterocycles. The zero-order valence-corrected chi connectivity index (χ0v) is 15.7. The van der Waals surface area contributed by atoms with Gasteiger partial charge in [-0.1, -0.05) is 41.4 Å². The highest BCUT2D eigenvalue weighted by molar-refractivity contribution is 9.09. The highest BCUT2D eigenvalue weighted by Gasteiger charge is 2.79.